The van der Waals surface area contributed by atoms with Gasteiger partial charge in [0.05, 0.1) is 6.61 Å². The van der Waals surface area contributed by atoms with Gasteiger partial charge in [0.25, 0.3) is 0 Å². The highest BCUT2D eigenvalue weighted by Gasteiger charge is 2.52. The minimum atomic E-state index is -2.02. The minimum absolute atomic E-state index is 0.0412. The van der Waals surface area contributed by atoms with Crippen LogP contribution in [0.5, 0.6) is 0 Å². The van der Waals surface area contributed by atoms with E-state index >= 15 is 0 Å². The lowest BCUT2D eigenvalue weighted by atomic mass is 9.99. The van der Waals surface area contributed by atoms with Crippen LogP contribution in [0.2, 0.25) is 18.1 Å². The molecule has 24 heavy (non-hydrogen) atoms. The third-order valence-corrected chi connectivity index (χ3v) is 9.13. The number of hydrogen-bond donors (Lipinski definition) is 0. The Morgan fingerprint density at radius 3 is 2.50 bits per heavy atom. The van der Waals surface area contributed by atoms with Gasteiger partial charge in [0.1, 0.15) is 12.9 Å². The lowest BCUT2D eigenvalue weighted by Crippen LogP contribution is -2.50. The summed E-state index contributed by atoms with van der Waals surface area (Å²) in [5.74, 6) is 2.24. The van der Waals surface area contributed by atoms with Crippen LogP contribution in [-0.2, 0) is 28.2 Å². The summed E-state index contributed by atoms with van der Waals surface area (Å²) >= 11 is 0. The zero-order valence-corrected chi connectivity index (χ0v) is 16.8. The molecule has 6 nitrogen and oxygen atoms in total. The highest BCUT2D eigenvalue weighted by atomic mass is 28.4. The molecule has 0 aromatic rings. The van der Waals surface area contributed by atoms with Crippen LogP contribution in [0.25, 0.3) is 0 Å². The number of hydrogen-bond acceptors (Lipinski definition) is 6. The van der Waals surface area contributed by atoms with Gasteiger partial charge in [-0.25, -0.2) is 0 Å². The van der Waals surface area contributed by atoms with Crippen molar-refractivity contribution in [1.82, 2.24) is 0 Å². The van der Waals surface area contributed by atoms with Crippen LogP contribution in [0.15, 0.2) is 0 Å². The number of carbonyl (C=O) groups is 1. The molecular weight excluding hydrogens is 328 g/mol. The quantitative estimate of drug-likeness (QED) is 0.302. The second-order valence-electron chi connectivity index (χ2n) is 7.54. The summed E-state index contributed by atoms with van der Waals surface area (Å²) in [5.41, 5.74) is -1.10. The van der Waals surface area contributed by atoms with Gasteiger partial charge in [-0.15, -0.1) is 6.42 Å². The van der Waals surface area contributed by atoms with Crippen molar-refractivity contribution in [1.29, 1.82) is 0 Å². The second kappa shape index (κ2) is 7.98. The van der Waals surface area contributed by atoms with E-state index in [4.69, 9.17) is 29.8 Å². The molecule has 3 atom stereocenters. The van der Waals surface area contributed by atoms with Gasteiger partial charge in [0, 0.05) is 20.5 Å². The Kier molecular flexibility index (Phi) is 7.02. The van der Waals surface area contributed by atoms with Gasteiger partial charge in [-0.05, 0) is 18.1 Å². The third-order valence-electron chi connectivity index (χ3n) is 4.65. The van der Waals surface area contributed by atoms with E-state index in [1.54, 1.807) is 0 Å². The van der Waals surface area contributed by atoms with E-state index in [0.717, 1.165) is 0 Å². The van der Waals surface area contributed by atoms with Crippen LogP contribution >= 0.6 is 0 Å². The summed E-state index contributed by atoms with van der Waals surface area (Å²) in [6, 6.07) is 0. The van der Waals surface area contributed by atoms with Crippen LogP contribution in [0.4, 0.5) is 0 Å². The Bertz CT molecular complexity index is 478. The molecule has 1 heterocycles. The molecule has 0 radical (unpaired) electrons. The molecule has 138 valence electrons. The molecule has 1 aliphatic heterocycles. The lowest BCUT2D eigenvalue weighted by Gasteiger charge is -2.39. The molecule has 0 amide bonds. The van der Waals surface area contributed by atoms with Crippen molar-refractivity contribution >= 4 is 14.3 Å². The van der Waals surface area contributed by atoms with Crippen molar-refractivity contribution in [3.63, 3.8) is 0 Å². The Morgan fingerprint density at radius 1 is 1.42 bits per heavy atom. The summed E-state index contributed by atoms with van der Waals surface area (Å²) in [5, 5.41) is 0.0412. The molecule has 0 spiro atoms. The molecule has 0 bridgehead atoms. The van der Waals surface area contributed by atoms with Gasteiger partial charge in [-0.2, -0.15) is 0 Å². The third kappa shape index (κ3) is 5.04. The Balaban J connectivity index is 2.93. The van der Waals surface area contributed by atoms with Gasteiger partial charge in [0.15, 0.2) is 13.9 Å². The molecule has 1 saturated heterocycles. The zero-order chi connectivity index (χ0) is 18.6. The van der Waals surface area contributed by atoms with Crippen molar-refractivity contribution in [2.45, 2.75) is 70.2 Å². The summed E-state index contributed by atoms with van der Waals surface area (Å²) in [6.45, 7) is 12.3. The predicted molar refractivity (Wildman–Crippen MR) is 92.7 cm³/mol. The molecule has 0 aromatic heterocycles. The monoisotopic (exact) mass is 358 g/mol. The summed E-state index contributed by atoms with van der Waals surface area (Å²) in [6.07, 6.45) is 4.88. The number of rotatable bonds is 7. The number of carbonyl (C=O) groups excluding carboxylic acids is 1. The fraction of sp³-hybridized carbons (Fsp3) is 0.824. The van der Waals surface area contributed by atoms with E-state index in [1.807, 2.05) is 0 Å². The average Bonchev–Trinajstić information content (AvgIpc) is 2.79. The topological polar surface area (TPSA) is 63.2 Å². The van der Waals surface area contributed by atoms with E-state index in [0.29, 0.717) is 6.42 Å². The lowest BCUT2D eigenvalue weighted by molar-refractivity contribution is -0.187. The summed E-state index contributed by atoms with van der Waals surface area (Å²) in [7, 11) is -0.490. The van der Waals surface area contributed by atoms with Gasteiger partial charge < -0.3 is 23.4 Å². The van der Waals surface area contributed by atoms with Gasteiger partial charge in [-0.3, -0.25) is 4.79 Å². The fourth-order valence-electron chi connectivity index (χ4n) is 2.13. The standard InChI is InChI=1S/C17H30O6Si/c1-9-17(11-21-24(7,8)16(3,4)5)14(20-12-19-6)10-15(23-17)22-13(2)18/h1,14-15H,10-12H2,2-8H3/t14?,15-,17-/m1/s1. The Labute approximate surface area is 146 Å². The van der Waals surface area contributed by atoms with E-state index in [9.17, 15) is 4.79 Å². The Hall–Kier alpha value is -0.913. The van der Waals surface area contributed by atoms with E-state index in [-0.39, 0.29) is 18.4 Å². The minimum Gasteiger partial charge on any atom is -0.436 e. The van der Waals surface area contributed by atoms with Gasteiger partial charge in [-0.1, -0.05) is 26.7 Å². The van der Waals surface area contributed by atoms with Crippen LogP contribution in [0, 0.1) is 12.3 Å². The fourth-order valence-corrected chi connectivity index (χ4v) is 3.14. The average molecular weight is 359 g/mol. The second-order valence-corrected chi connectivity index (χ2v) is 12.3. The van der Waals surface area contributed by atoms with E-state index < -0.39 is 32.3 Å². The van der Waals surface area contributed by atoms with Gasteiger partial charge in [0.2, 0.25) is 6.29 Å². The van der Waals surface area contributed by atoms with Crippen molar-refractivity contribution in [2.75, 3.05) is 20.5 Å². The number of methoxy groups -OCH3 is 1. The molecule has 1 aliphatic rings. The first kappa shape index (κ1) is 21.1. The molecule has 1 unspecified atom stereocenters. The van der Waals surface area contributed by atoms with Crippen LogP contribution in [-0.4, -0.2) is 52.8 Å². The number of ether oxygens (including phenoxy) is 4. The Morgan fingerprint density at radius 2 is 2.04 bits per heavy atom. The normalized spacial score (nSPS) is 27.8. The van der Waals surface area contributed by atoms with Gasteiger partial charge >= 0.3 is 5.97 Å². The number of esters is 1. The molecule has 1 fully saturated rings. The van der Waals surface area contributed by atoms with Crippen molar-refractivity contribution in [2.24, 2.45) is 0 Å². The first-order valence-electron chi connectivity index (χ1n) is 8.05. The molecular formula is C17H30O6Si. The molecule has 0 N–H and O–H groups in total. The van der Waals surface area contributed by atoms with Crippen molar-refractivity contribution in [3.05, 3.63) is 0 Å². The maximum Gasteiger partial charge on any atom is 0.304 e. The highest BCUT2D eigenvalue weighted by molar-refractivity contribution is 6.74. The van der Waals surface area contributed by atoms with Crippen LogP contribution in [0.3, 0.4) is 0 Å². The maximum absolute atomic E-state index is 11.2. The van der Waals surface area contributed by atoms with Crippen LogP contribution < -0.4 is 0 Å². The largest absolute Gasteiger partial charge is 0.436 e. The molecule has 0 aliphatic carbocycles. The first-order chi connectivity index (χ1) is 11.0. The SMILES string of the molecule is C#C[C@]1(CO[Si](C)(C)C(C)(C)C)O[C@@H](OC(C)=O)CC1OCOC. The molecule has 0 saturated carbocycles. The van der Waals surface area contributed by atoms with Crippen molar-refractivity contribution < 1.29 is 28.2 Å². The smallest absolute Gasteiger partial charge is 0.304 e. The highest BCUT2D eigenvalue weighted by Crippen LogP contribution is 2.40. The van der Waals surface area contributed by atoms with E-state index in [1.165, 1.54) is 14.0 Å². The maximum atomic E-state index is 11.2. The molecule has 7 heteroatoms. The predicted octanol–water partition coefficient (Wildman–Crippen LogP) is 2.68. The number of terminal acetylenes is 1. The first-order valence-corrected chi connectivity index (χ1v) is 11.0. The van der Waals surface area contributed by atoms with Crippen LogP contribution in [0.1, 0.15) is 34.1 Å². The zero-order valence-electron chi connectivity index (χ0n) is 15.8. The van der Waals surface area contributed by atoms with Crippen molar-refractivity contribution in [3.8, 4) is 12.3 Å². The molecule has 0 aromatic carbocycles. The summed E-state index contributed by atoms with van der Waals surface area (Å²) < 4.78 is 27.9. The van der Waals surface area contributed by atoms with E-state index in [2.05, 4.69) is 39.8 Å². The summed E-state index contributed by atoms with van der Waals surface area (Å²) in [4.78, 5) is 11.2. The molecule has 1 rings (SSSR count).